The van der Waals surface area contributed by atoms with Gasteiger partial charge in [-0.05, 0) is 12.1 Å². The average Bonchev–Trinajstić information content (AvgIpc) is 2.93. The van der Waals surface area contributed by atoms with E-state index in [0.717, 1.165) is 10.7 Å². The summed E-state index contributed by atoms with van der Waals surface area (Å²) >= 11 is 1.34. The molecule has 0 bridgehead atoms. The maximum Gasteiger partial charge on any atom is 0.265 e. The second-order valence-electron chi connectivity index (χ2n) is 6.18. The zero-order valence-corrected chi connectivity index (χ0v) is 14.5. The number of carbonyl (C=O) groups is 2. The summed E-state index contributed by atoms with van der Waals surface area (Å²) in [6.45, 7) is 7.98. The lowest BCUT2D eigenvalue weighted by Gasteiger charge is -2.16. The third kappa shape index (κ3) is 4.85. The minimum Gasteiger partial charge on any atom is -0.351 e. The number of rotatable bonds is 4. The molecule has 23 heavy (non-hydrogen) atoms. The van der Waals surface area contributed by atoms with E-state index in [1.54, 1.807) is 18.5 Å². The summed E-state index contributed by atoms with van der Waals surface area (Å²) in [5.74, 6) is 0.417. The van der Waals surface area contributed by atoms with E-state index in [-0.39, 0.29) is 17.2 Å². The Bertz CT molecular complexity index is 702. The Morgan fingerprint density at radius 2 is 1.83 bits per heavy atom. The molecular weight excluding hydrogens is 312 g/mol. The summed E-state index contributed by atoms with van der Waals surface area (Å²) in [7, 11) is 0. The van der Waals surface area contributed by atoms with Crippen LogP contribution in [-0.2, 0) is 16.8 Å². The van der Waals surface area contributed by atoms with Crippen LogP contribution in [0.2, 0.25) is 0 Å². The van der Waals surface area contributed by atoms with Gasteiger partial charge < -0.3 is 10.6 Å². The molecule has 6 nitrogen and oxygen atoms in total. The van der Waals surface area contributed by atoms with Gasteiger partial charge in [-0.2, -0.15) is 0 Å². The Morgan fingerprint density at radius 1 is 1.17 bits per heavy atom. The molecule has 2 aromatic heterocycles. The second-order valence-corrected chi connectivity index (χ2v) is 7.34. The molecule has 0 aliphatic heterocycles. The van der Waals surface area contributed by atoms with E-state index < -0.39 is 0 Å². The zero-order chi connectivity index (χ0) is 17.0. The number of nitrogens with one attached hydrogen (secondary N) is 2. The highest BCUT2D eigenvalue weighted by Gasteiger charge is 2.17. The van der Waals surface area contributed by atoms with Gasteiger partial charge in [-0.15, -0.1) is 11.3 Å². The summed E-state index contributed by atoms with van der Waals surface area (Å²) in [6.07, 6.45) is 3.22. The lowest BCUT2D eigenvalue weighted by Crippen LogP contribution is -2.18. The van der Waals surface area contributed by atoms with Crippen LogP contribution in [0.4, 0.5) is 5.69 Å². The molecule has 2 heterocycles. The number of hydrogen-bond acceptors (Lipinski definition) is 5. The molecule has 0 aromatic carbocycles. The van der Waals surface area contributed by atoms with Gasteiger partial charge in [0.2, 0.25) is 5.91 Å². The van der Waals surface area contributed by atoms with E-state index >= 15 is 0 Å². The van der Waals surface area contributed by atoms with Crippen molar-refractivity contribution in [2.24, 2.45) is 0 Å². The highest BCUT2D eigenvalue weighted by Crippen LogP contribution is 2.20. The van der Waals surface area contributed by atoms with Crippen molar-refractivity contribution in [3.05, 3.63) is 40.1 Å². The van der Waals surface area contributed by atoms with Crippen LogP contribution < -0.4 is 10.6 Å². The maximum absolute atomic E-state index is 12.2. The number of thiophene rings is 1. The Kier molecular flexibility index (Phi) is 5.10. The molecule has 0 atom stereocenters. The number of amides is 2. The Morgan fingerprint density at radius 3 is 2.39 bits per heavy atom. The van der Waals surface area contributed by atoms with Gasteiger partial charge >= 0.3 is 0 Å². The number of hydrogen-bond donors (Lipinski definition) is 2. The van der Waals surface area contributed by atoms with Crippen molar-refractivity contribution in [2.45, 2.75) is 39.7 Å². The first-order valence-corrected chi connectivity index (χ1v) is 8.04. The van der Waals surface area contributed by atoms with Gasteiger partial charge in [0.25, 0.3) is 5.91 Å². The minimum atomic E-state index is -0.212. The second kappa shape index (κ2) is 6.87. The highest BCUT2D eigenvalue weighted by atomic mass is 32.1. The molecule has 122 valence electrons. The molecule has 2 N–H and O–H groups in total. The van der Waals surface area contributed by atoms with Gasteiger partial charge in [-0.25, -0.2) is 9.97 Å². The average molecular weight is 332 g/mol. The Balaban J connectivity index is 2.00. The fraction of sp³-hybridized carbons (Fsp3) is 0.375. The van der Waals surface area contributed by atoms with Gasteiger partial charge in [0.05, 0.1) is 29.5 Å². The van der Waals surface area contributed by atoms with Crippen LogP contribution in [0.25, 0.3) is 0 Å². The van der Waals surface area contributed by atoms with Crippen LogP contribution >= 0.6 is 11.3 Å². The van der Waals surface area contributed by atoms with E-state index in [1.165, 1.54) is 18.3 Å². The summed E-state index contributed by atoms with van der Waals surface area (Å²) < 4.78 is 0. The Hall–Kier alpha value is -2.28. The lowest BCUT2D eigenvalue weighted by atomic mass is 9.96. The topological polar surface area (TPSA) is 84.0 Å². The van der Waals surface area contributed by atoms with Crippen molar-refractivity contribution in [1.82, 2.24) is 15.3 Å². The first kappa shape index (κ1) is 17.1. The monoisotopic (exact) mass is 332 g/mol. The SMILES string of the molecule is CC(=O)NCc1ccc(C(=O)Nc2cnc(C(C)(C)C)nc2)s1. The number of carbonyl (C=O) groups excluding carboxylic acids is 2. The van der Waals surface area contributed by atoms with Crippen molar-refractivity contribution < 1.29 is 9.59 Å². The maximum atomic E-state index is 12.2. The third-order valence-electron chi connectivity index (χ3n) is 2.98. The van der Waals surface area contributed by atoms with Gasteiger partial charge in [0.1, 0.15) is 5.82 Å². The minimum absolute atomic E-state index is 0.0968. The van der Waals surface area contributed by atoms with Crippen LogP contribution in [-0.4, -0.2) is 21.8 Å². The molecule has 0 fully saturated rings. The Labute approximate surface area is 139 Å². The molecule has 0 aliphatic carbocycles. The molecule has 0 unspecified atom stereocenters. The van der Waals surface area contributed by atoms with Crippen molar-refractivity contribution in [3.8, 4) is 0 Å². The smallest absolute Gasteiger partial charge is 0.265 e. The largest absolute Gasteiger partial charge is 0.351 e. The number of anilines is 1. The molecule has 2 rings (SSSR count). The first-order chi connectivity index (χ1) is 10.8. The molecule has 2 aromatic rings. The van der Waals surface area contributed by atoms with Crippen LogP contribution in [0, 0.1) is 0 Å². The zero-order valence-electron chi connectivity index (χ0n) is 13.6. The summed E-state index contributed by atoms with van der Waals surface area (Å²) in [5.41, 5.74) is 0.425. The molecule has 7 heteroatoms. The number of nitrogens with zero attached hydrogens (tertiary/aromatic N) is 2. The highest BCUT2D eigenvalue weighted by molar-refractivity contribution is 7.14. The summed E-state index contributed by atoms with van der Waals surface area (Å²) in [4.78, 5) is 33.2. The standard InChI is InChI=1S/C16H20N4O2S/c1-10(21)17-9-12-5-6-13(23-12)14(22)20-11-7-18-15(19-8-11)16(2,3)4/h5-8H,9H2,1-4H3,(H,17,21)(H,20,22). The van der Waals surface area contributed by atoms with E-state index in [0.29, 0.717) is 17.1 Å². The van der Waals surface area contributed by atoms with Crippen molar-refractivity contribution >= 4 is 28.8 Å². The van der Waals surface area contributed by atoms with Crippen LogP contribution in [0.3, 0.4) is 0 Å². The van der Waals surface area contributed by atoms with Crippen molar-refractivity contribution in [1.29, 1.82) is 0 Å². The van der Waals surface area contributed by atoms with E-state index in [9.17, 15) is 9.59 Å². The fourth-order valence-corrected chi connectivity index (χ4v) is 2.62. The van der Waals surface area contributed by atoms with Crippen LogP contribution in [0.5, 0.6) is 0 Å². The van der Waals surface area contributed by atoms with E-state index in [1.807, 2.05) is 26.8 Å². The van der Waals surface area contributed by atoms with Gasteiger partial charge in [0.15, 0.2) is 0 Å². The molecule has 0 saturated heterocycles. The normalized spacial score (nSPS) is 11.1. The van der Waals surface area contributed by atoms with E-state index in [4.69, 9.17) is 0 Å². The van der Waals surface area contributed by atoms with Crippen molar-refractivity contribution in [3.63, 3.8) is 0 Å². The molecular formula is C16H20N4O2S. The molecule has 0 spiro atoms. The predicted octanol–water partition coefficient (Wildman–Crippen LogP) is 2.72. The van der Waals surface area contributed by atoms with Gasteiger partial charge in [-0.3, -0.25) is 9.59 Å². The molecule has 0 aliphatic rings. The van der Waals surface area contributed by atoms with E-state index in [2.05, 4.69) is 20.6 Å². The third-order valence-corrected chi connectivity index (χ3v) is 4.06. The summed E-state index contributed by atoms with van der Waals surface area (Å²) in [5, 5.41) is 5.48. The van der Waals surface area contributed by atoms with Gasteiger partial charge in [0, 0.05) is 17.2 Å². The van der Waals surface area contributed by atoms with Crippen LogP contribution in [0.1, 0.15) is 48.1 Å². The fourth-order valence-electron chi connectivity index (χ4n) is 1.78. The van der Waals surface area contributed by atoms with Crippen LogP contribution in [0.15, 0.2) is 24.5 Å². The summed E-state index contributed by atoms with van der Waals surface area (Å²) in [6, 6.07) is 3.57. The van der Waals surface area contributed by atoms with Crippen molar-refractivity contribution in [2.75, 3.05) is 5.32 Å². The quantitative estimate of drug-likeness (QED) is 0.901. The molecule has 2 amide bonds. The number of aromatic nitrogens is 2. The molecule has 0 saturated carbocycles. The predicted molar refractivity (Wildman–Crippen MR) is 90.5 cm³/mol. The molecule has 0 radical (unpaired) electrons. The lowest BCUT2D eigenvalue weighted by molar-refractivity contribution is -0.119. The first-order valence-electron chi connectivity index (χ1n) is 7.23. The van der Waals surface area contributed by atoms with Gasteiger partial charge in [-0.1, -0.05) is 20.8 Å².